The number of anilines is 1. The Labute approximate surface area is 214 Å². The van der Waals surface area contributed by atoms with Crippen LogP contribution in [0.5, 0.6) is 11.5 Å². The fraction of sp³-hybridized carbons (Fsp3) is 0.296. The zero-order valence-corrected chi connectivity index (χ0v) is 20.7. The quantitative estimate of drug-likeness (QED) is 0.374. The summed E-state index contributed by atoms with van der Waals surface area (Å²) in [5, 5.41) is 11.3. The van der Waals surface area contributed by atoms with Crippen molar-refractivity contribution in [3.05, 3.63) is 72.6 Å². The van der Waals surface area contributed by atoms with Crippen molar-refractivity contribution in [2.24, 2.45) is 5.92 Å². The number of hydrogen-bond acceptors (Lipinski definition) is 7. The number of carbonyl (C=O) groups excluding carboxylic acids is 2. The average molecular weight is 501 g/mol. The van der Waals surface area contributed by atoms with E-state index in [-0.39, 0.29) is 25.2 Å². The van der Waals surface area contributed by atoms with Crippen molar-refractivity contribution in [1.82, 2.24) is 25.3 Å². The number of amides is 2. The minimum atomic E-state index is -0.969. The van der Waals surface area contributed by atoms with E-state index in [1.165, 1.54) is 9.58 Å². The van der Waals surface area contributed by atoms with Gasteiger partial charge in [0.05, 0.1) is 5.52 Å². The van der Waals surface area contributed by atoms with Crippen molar-refractivity contribution < 1.29 is 19.1 Å². The molecule has 4 aromatic rings. The van der Waals surface area contributed by atoms with Crippen LogP contribution in [-0.2, 0) is 16.1 Å². The van der Waals surface area contributed by atoms with E-state index in [1.54, 1.807) is 42.7 Å². The van der Waals surface area contributed by atoms with E-state index in [2.05, 4.69) is 34.5 Å². The summed E-state index contributed by atoms with van der Waals surface area (Å²) in [6.45, 7) is 4.65. The van der Waals surface area contributed by atoms with Crippen LogP contribution in [0.15, 0.2) is 67.0 Å². The fourth-order valence-electron chi connectivity index (χ4n) is 4.25. The number of fused-ring (bicyclic) bond motifs is 2. The van der Waals surface area contributed by atoms with E-state index in [1.807, 2.05) is 24.3 Å². The third kappa shape index (κ3) is 5.23. The highest BCUT2D eigenvalue weighted by molar-refractivity contribution is 6.01. The second kappa shape index (κ2) is 10.7. The van der Waals surface area contributed by atoms with Gasteiger partial charge in [0.25, 0.3) is 0 Å². The third-order valence-electron chi connectivity index (χ3n) is 6.14. The Morgan fingerprint density at radius 1 is 1.08 bits per heavy atom. The van der Waals surface area contributed by atoms with Crippen molar-refractivity contribution >= 4 is 28.5 Å². The van der Waals surface area contributed by atoms with Crippen LogP contribution in [0.3, 0.4) is 0 Å². The monoisotopic (exact) mass is 500 g/mol. The van der Waals surface area contributed by atoms with Crippen molar-refractivity contribution in [2.75, 3.05) is 18.2 Å². The van der Waals surface area contributed by atoms with Gasteiger partial charge in [-0.1, -0.05) is 37.3 Å². The van der Waals surface area contributed by atoms with Crippen LogP contribution in [0.4, 0.5) is 5.69 Å². The number of pyridine rings is 1. The highest BCUT2D eigenvalue weighted by Crippen LogP contribution is 2.38. The minimum Gasteiger partial charge on any atom is -0.454 e. The molecule has 1 N–H and O–H groups in total. The van der Waals surface area contributed by atoms with E-state index < -0.39 is 6.04 Å². The standard InChI is InChI=1S/C27H28N6O4/c1-18(2)11-13-29-27(35)26(19-6-5-12-28-15-19)33(20-9-10-23-24(14-20)37-17-36-23)25(34)16-32-22-8-4-3-7-21(22)30-31-32/h3-10,12,14-15,18,26H,11,13,16-17H2,1-2H3,(H,29,35). The molecule has 0 bridgehead atoms. The molecule has 1 aliphatic rings. The van der Waals surface area contributed by atoms with Crippen LogP contribution in [0.1, 0.15) is 31.9 Å². The molecule has 1 aliphatic heterocycles. The number of ether oxygens (including phenoxy) is 2. The molecule has 10 heteroatoms. The fourth-order valence-corrected chi connectivity index (χ4v) is 4.25. The first-order valence-electron chi connectivity index (χ1n) is 12.2. The van der Waals surface area contributed by atoms with Gasteiger partial charge in [0.15, 0.2) is 11.5 Å². The van der Waals surface area contributed by atoms with Gasteiger partial charge in [0, 0.05) is 36.3 Å². The molecule has 37 heavy (non-hydrogen) atoms. The molecule has 0 spiro atoms. The lowest BCUT2D eigenvalue weighted by molar-refractivity contribution is -0.127. The van der Waals surface area contributed by atoms with Gasteiger partial charge in [-0.2, -0.15) is 0 Å². The van der Waals surface area contributed by atoms with Crippen LogP contribution >= 0.6 is 0 Å². The maximum absolute atomic E-state index is 14.0. The summed E-state index contributed by atoms with van der Waals surface area (Å²) < 4.78 is 12.6. The van der Waals surface area contributed by atoms with Gasteiger partial charge in [-0.15, -0.1) is 5.10 Å². The molecule has 10 nitrogen and oxygen atoms in total. The summed E-state index contributed by atoms with van der Waals surface area (Å²) in [6.07, 6.45) is 4.05. The molecule has 1 atom stereocenters. The Kier molecular flexibility index (Phi) is 6.98. The van der Waals surface area contributed by atoms with E-state index >= 15 is 0 Å². The number of hydrogen-bond donors (Lipinski definition) is 1. The molecular weight excluding hydrogens is 472 g/mol. The van der Waals surface area contributed by atoms with E-state index in [0.717, 1.165) is 11.9 Å². The number of benzene rings is 2. The van der Waals surface area contributed by atoms with Gasteiger partial charge >= 0.3 is 0 Å². The second-order valence-corrected chi connectivity index (χ2v) is 9.20. The second-order valence-electron chi connectivity index (χ2n) is 9.20. The van der Waals surface area contributed by atoms with Gasteiger partial charge in [-0.3, -0.25) is 19.5 Å². The molecule has 2 aromatic carbocycles. The Bertz CT molecular complexity index is 1400. The summed E-state index contributed by atoms with van der Waals surface area (Å²) in [4.78, 5) is 33.4. The number of carbonyl (C=O) groups is 2. The SMILES string of the molecule is CC(C)CCNC(=O)C(c1cccnc1)N(C(=O)Cn1nnc2ccccc21)c1ccc2c(c1)OCO2. The number of aromatic nitrogens is 4. The number of rotatable bonds is 9. The third-order valence-corrected chi connectivity index (χ3v) is 6.14. The lowest BCUT2D eigenvalue weighted by Gasteiger charge is -2.31. The molecule has 1 unspecified atom stereocenters. The van der Waals surface area contributed by atoms with Crippen LogP contribution in [-0.4, -0.2) is 45.1 Å². The van der Waals surface area contributed by atoms with Gasteiger partial charge in [-0.05, 0) is 42.7 Å². The first kappa shape index (κ1) is 24.2. The topological polar surface area (TPSA) is 111 Å². The lowest BCUT2D eigenvalue weighted by atomic mass is 10.0. The first-order valence-corrected chi connectivity index (χ1v) is 12.2. The molecule has 2 aromatic heterocycles. The van der Waals surface area contributed by atoms with Crippen molar-refractivity contribution in [3.8, 4) is 11.5 Å². The summed E-state index contributed by atoms with van der Waals surface area (Å²) in [5.41, 5.74) is 2.48. The molecule has 5 rings (SSSR count). The first-order chi connectivity index (χ1) is 18.0. The summed E-state index contributed by atoms with van der Waals surface area (Å²) >= 11 is 0. The minimum absolute atomic E-state index is 0.0966. The number of nitrogens with zero attached hydrogens (tertiary/aromatic N) is 5. The van der Waals surface area contributed by atoms with Gasteiger partial charge in [0.2, 0.25) is 18.6 Å². The number of para-hydroxylation sites is 1. The zero-order valence-electron chi connectivity index (χ0n) is 20.7. The largest absolute Gasteiger partial charge is 0.454 e. The predicted octanol–water partition coefficient (Wildman–Crippen LogP) is 3.49. The van der Waals surface area contributed by atoms with Crippen LogP contribution in [0.25, 0.3) is 11.0 Å². The Morgan fingerprint density at radius 3 is 2.73 bits per heavy atom. The smallest absolute Gasteiger partial charge is 0.249 e. The molecule has 0 saturated carbocycles. The van der Waals surface area contributed by atoms with Crippen LogP contribution < -0.4 is 19.7 Å². The van der Waals surface area contributed by atoms with Crippen molar-refractivity contribution in [2.45, 2.75) is 32.9 Å². The molecular formula is C27H28N6O4. The summed E-state index contributed by atoms with van der Waals surface area (Å²) in [5.74, 6) is 0.860. The normalized spacial score (nSPS) is 13.1. The highest BCUT2D eigenvalue weighted by atomic mass is 16.7. The van der Waals surface area contributed by atoms with Crippen LogP contribution in [0, 0.1) is 5.92 Å². The maximum Gasteiger partial charge on any atom is 0.249 e. The highest BCUT2D eigenvalue weighted by Gasteiger charge is 2.34. The summed E-state index contributed by atoms with van der Waals surface area (Å²) in [6, 6.07) is 15.2. The molecule has 190 valence electrons. The molecule has 0 aliphatic carbocycles. The average Bonchev–Trinajstić information content (AvgIpc) is 3.54. The van der Waals surface area contributed by atoms with E-state index in [0.29, 0.717) is 40.7 Å². The predicted molar refractivity (Wildman–Crippen MR) is 137 cm³/mol. The van der Waals surface area contributed by atoms with Crippen LogP contribution in [0.2, 0.25) is 0 Å². The molecule has 0 fully saturated rings. The summed E-state index contributed by atoms with van der Waals surface area (Å²) in [7, 11) is 0. The van der Waals surface area contributed by atoms with Crippen molar-refractivity contribution in [3.63, 3.8) is 0 Å². The molecule has 0 radical (unpaired) electrons. The van der Waals surface area contributed by atoms with E-state index in [4.69, 9.17) is 9.47 Å². The number of nitrogens with one attached hydrogen (secondary N) is 1. The van der Waals surface area contributed by atoms with Gasteiger partial charge in [-0.25, -0.2) is 4.68 Å². The molecule has 3 heterocycles. The van der Waals surface area contributed by atoms with Gasteiger partial charge < -0.3 is 14.8 Å². The molecule has 0 saturated heterocycles. The molecule has 2 amide bonds. The van der Waals surface area contributed by atoms with Crippen molar-refractivity contribution in [1.29, 1.82) is 0 Å². The van der Waals surface area contributed by atoms with E-state index in [9.17, 15) is 9.59 Å². The Balaban J connectivity index is 1.55. The zero-order chi connectivity index (χ0) is 25.8. The van der Waals surface area contributed by atoms with Gasteiger partial charge in [0.1, 0.15) is 18.1 Å². The Hall–Kier alpha value is -4.47. The Morgan fingerprint density at radius 2 is 1.92 bits per heavy atom. The lowest BCUT2D eigenvalue weighted by Crippen LogP contribution is -2.45. The maximum atomic E-state index is 14.0.